The van der Waals surface area contributed by atoms with Crippen LogP contribution in [0.1, 0.15) is 30.0 Å². The summed E-state index contributed by atoms with van der Waals surface area (Å²) in [6.45, 7) is 3.07. The first-order valence-corrected chi connectivity index (χ1v) is 6.23. The Labute approximate surface area is 104 Å². The molecule has 1 heterocycles. The zero-order valence-corrected chi connectivity index (χ0v) is 11.1. The molecule has 0 amide bonds. The molecule has 4 heteroatoms. The molecule has 1 atom stereocenters. The third-order valence-corrected chi connectivity index (χ3v) is 3.94. The van der Waals surface area contributed by atoms with Crippen molar-refractivity contribution in [3.8, 4) is 11.5 Å². The van der Waals surface area contributed by atoms with Gasteiger partial charge in [0.05, 0.1) is 7.11 Å². The largest absolute Gasteiger partial charge is 0.504 e. The van der Waals surface area contributed by atoms with Gasteiger partial charge in [0.1, 0.15) is 0 Å². The molecule has 1 aliphatic rings. The fourth-order valence-electron chi connectivity index (χ4n) is 2.30. The van der Waals surface area contributed by atoms with E-state index in [2.05, 4.69) is 21.2 Å². The van der Waals surface area contributed by atoms with Crippen molar-refractivity contribution in [1.82, 2.24) is 5.32 Å². The molecule has 0 aromatic heterocycles. The maximum atomic E-state index is 9.87. The first-order valence-electron chi connectivity index (χ1n) is 5.44. The summed E-state index contributed by atoms with van der Waals surface area (Å²) in [7, 11) is 1.60. The Hall–Kier alpha value is -0.740. The first kappa shape index (κ1) is 11.7. The summed E-state index contributed by atoms with van der Waals surface area (Å²) < 4.78 is 6.24. The average Bonchev–Trinajstić information content (AvgIpc) is 2.76. The minimum absolute atomic E-state index is 0.198. The van der Waals surface area contributed by atoms with E-state index in [0.717, 1.165) is 28.6 Å². The molecule has 1 aromatic carbocycles. The molecule has 0 aliphatic carbocycles. The van der Waals surface area contributed by atoms with Crippen LogP contribution in [0.15, 0.2) is 10.5 Å². The molecule has 0 spiro atoms. The Kier molecular flexibility index (Phi) is 3.40. The number of halogens is 1. The van der Waals surface area contributed by atoms with Gasteiger partial charge in [0.15, 0.2) is 11.5 Å². The third-order valence-electron chi connectivity index (χ3n) is 3.12. The molecule has 16 heavy (non-hydrogen) atoms. The third kappa shape index (κ3) is 1.92. The fraction of sp³-hybridized carbons (Fsp3) is 0.500. The smallest absolute Gasteiger partial charge is 0.165 e. The molecule has 1 fully saturated rings. The number of benzene rings is 1. The molecular weight excluding hydrogens is 270 g/mol. The van der Waals surface area contributed by atoms with Gasteiger partial charge in [-0.05, 0) is 37.9 Å². The summed E-state index contributed by atoms with van der Waals surface area (Å²) in [5.74, 6) is 0.795. The van der Waals surface area contributed by atoms with E-state index in [4.69, 9.17) is 4.74 Å². The maximum Gasteiger partial charge on any atom is 0.165 e. The zero-order chi connectivity index (χ0) is 11.7. The fourth-order valence-corrected chi connectivity index (χ4v) is 2.73. The highest BCUT2D eigenvalue weighted by atomic mass is 79.9. The Balaban J connectivity index is 2.54. The number of methoxy groups -OCH3 is 1. The van der Waals surface area contributed by atoms with Crippen molar-refractivity contribution >= 4 is 15.9 Å². The summed E-state index contributed by atoms with van der Waals surface area (Å²) in [5.41, 5.74) is 2.21. The average molecular weight is 286 g/mol. The standard InChI is InChI=1S/C12H16BrNO2/c1-7-8(13)6-10(15)12(16-2)11(7)9-4-3-5-14-9/h6,9,14-15H,3-5H2,1-2H3. The highest BCUT2D eigenvalue weighted by Gasteiger charge is 2.25. The lowest BCUT2D eigenvalue weighted by molar-refractivity contribution is 0.363. The lowest BCUT2D eigenvalue weighted by Crippen LogP contribution is -2.15. The monoisotopic (exact) mass is 285 g/mol. The Morgan fingerprint density at radius 2 is 2.31 bits per heavy atom. The van der Waals surface area contributed by atoms with E-state index >= 15 is 0 Å². The van der Waals surface area contributed by atoms with Crippen molar-refractivity contribution in [1.29, 1.82) is 0 Å². The van der Waals surface area contributed by atoms with E-state index in [9.17, 15) is 5.11 Å². The molecule has 88 valence electrons. The number of phenolic OH excluding ortho intramolecular Hbond substituents is 1. The van der Waals surface area contributed by atoms with E-state index in [1.54, 1.807) is 13.2 Å². The van der Waals surface area contributed by atoms with Gasteiger partial charge >= 0.3 is 0 Å². The first-order chi connectivity index (χ1) is 7.65. The van der Waals surface area contributed by atoms with Gasteiger partial charge in [0, 0.05) is 16.1 Å². The Bertz CT molecular complexity index is 400. The normalized spacial score (nSPS) is 20.1. The summed E-state index contributed by atoms with van der Waals surface area (Å²) in [5, 5.41) is 13.3. The van der Waals surface area contributed by atoms with Crippen LogP contribution in [0.3, 0.4) is 0 Å². The van der Waals surface area contributed by atoms with E-state index in [1.807, 2.05) is 6.92 Å². The SMILES string of the molecule is COc1c(O)cc(Br)c(C)c1C1CCCN1. The van der Waals surface area contributed by atoms with Crippen molar-refractivity contribution < 1.29 is 9.84 Å². The molecule has 0 saturated carbocycles. The Morgan fingerprint density at radius 1 is 1.56 bits per heavy atom. The van der Waals surface area contributed by atoms with Crippen molar-refractivity contribution in [3.05, 3.63) is 21.7 Å². The van der Waals surface area contributed by atoms with E-state index in [1.165, 1.54) is 6.42 Å². The van der Waals surface area contributed by atoms with E-state index in [-0.39, 0.29) is 5.75 Å². The predicted molar refractivity (Wildman–Crippen MR) is 67.1 cm³/mol. The van der Waals surface area contributed by atoms with Gasteiger partial charge in [-0.25, -0.2) is 0 Å². The van der Waals surface area contributed by atoms with Crippen LogP contribution in [-0.2, 0) is 0 Å². The van der Waals surface area contributed by atoms with Crippen molar-refractivity contribution in [2.75, 3.05) is 13.7 Å². The van der Waals surface area contributed by atoms with Crippen LogP contribution in [0, 0.1) is 6.92 Å². The van der Waals surface area contributed by atoms with Crippen molar-refractivity contribution in [2.24, 2.45) is 0 Å². The van der Waals surface area contributed by atoms with E-state index < -0.39 is 0 Å². The molecule has 0 bridgehead atoms. The minimum atomic E-state index is 0.198. The van der Waals surface area contributed by atoms with Crippen LogP contribution in [0.2, 0.25) is 0 Å². The molecule has 1 unspecified atom stereocenters. The molecule has 1 aromatic rings. The number of hydrogen-bond donors (Lipinski definition) is 2. The quantitative estimate of drug-likeness (QED) is 0.878. The van der Waals surface area contributed by atoms with Crippen LogP contribution in [0.4, 0.5) is 0 Å². The van der Waals surface area contributed by atoms with Crippen LogP contribution in [0.5, 0.6) is 11.5 Å². The van der Waals surface area contributed by atoms with Crippen LogP contribution in [0.25, 0.3) is 0 Å². The molecule has 1 aliphatic heterocycles. The minimum Gasteiger partial charge on any atom is -0.504 e. The maximum absolute atomic E-state index is 9.87. The lowest BCUT2D eigenvalue weighted by atomic mass is 9.98. The van der Waals surface area contributed by atoms with Crippen molar-refractivity contribution in [3.63, 3.8) is 0 Å². The number of rotatable bonds is 2. The summed E-state index contributed by atoms with van der Waals surface area (Å²) >= 11 is 3.46. The molecule has 0 radical (unpaired) electrons. The van der Waals surface area contributed by atoms with Gasteiger partial charge in [-0.15, -0.1) is 0 Å². The highest BCUT2D eigenvalue weighted by Crippen LogP contribution is 2.42. The van der Waals surface area contributed by atoms with Crippen molar-refractivity contribution in [2.45, 2.75) is 25.8 Å². The van der Waals surface area contributed by atoms with Gasteiger partial charge in [0.2, 0.25) is 0 Å². The molecule has 3 nitrogen and oxygen atoms in total. The lowest BCUT2D eigenvalue weighted by Gasteiger charge is -2.19. The van der Waals surface area contributed by atoms with Crippen LogP contribution < -0.4 is 10.1 Å². The summed E-state index contributed by atoms with van der Waals surface area (Å²) in [6.07, 6.45) is 2.26. The topological polar surface area (TPSA) is 41.5 Å². The predicted octanol–water partition coefficient (Wildman–Crippen LogP) is 2.90. The van der Waals surface area contributed by atoms with E-state index in [0.29, 0.717) is 11.8 Å². The molecule has 1 saturated heterocycles. The molecule has 2 rings (SSSR count). The highest BCUT2D eigenvalue weighted by molar-refractivity contribution is 9.10. The van der Waals surface area contributed by atoms with Crippen LogP contribution >= 0.6 is 15.9 Å². The number of ether oxygens (including phenoxy) is 1. The van der Waals surface area contributed by atoms with Gasteiger partial charge in [0.25, 0.3) is 0 Å². The second-order valence-electron chi connectivity index (χ2n) is 4.10. The second kappa shape index (κ2) is 4.63. The number of nitrogens with one attached hydrogen (secondary N) is 1. The molecular formula is C12H16BrNO2. The number of aromatic hydroxyl groups is 1. The van der Waals surface area contributed by atoms with Gasteiger partial charge in [-0.1, -0.05) is 15.9 Å². The number of phenols is 1. The number of hydrogen-bond acceptors (Lipinski definition) is 3. The zero-order valence-electron chi connectivity index (χ0n) is 9.51. The summed E-state index contributed by atoms with van der Waals surface area (Å²) in [6, 6.07) is 1.98. The van der Waals surface area contributed by atoms with Gasteiger partial charge in [-0.3, -0.25) is 0 Å². The summed E-state index contributed by atoms with van der Waals surface area (Å²) in [4.78, 5) is 0. The second-order valence-corrected chi connectivity index (χ2v) is 4.95. The van der Waals surface area contributed by atoms with Gasteiger partial charge < -0.3 is 15.2 Å². The molecule has 2 N–H and O–H groups in total. The van der Waals surface area contributed by atoms with Gasteiger partial charge in [-0.2, -0.15) is 0 Å². The Morgan fingerprint density at radius 3 is 2.88 bits per heavy atom. The van der Waals surface area contributed by atoms with Crippen LogP contribution in [-0.4, -0.2) is 18.8 Å².